The fourth-order valence-corrected chi connectivity index (χ4v) is 2.49. The SMILES string of the molecule is O=C(O)C1CCCN(CCOc2ccc(OC(F)(F)F)cc2)C1. The Morgan fingerprint density at radius 1 is 1.26 bits per heavy atom. The largest absolute Gasteiger partial charge is 0.573 e. The minimum Gasteiger partial charge on any atom is -0.492 e. The van der Waals surface area contributed by atoms with Gasteiger partial charge in [0.2, 0.25) is 0 Å². The Labute approximate surface area is 131 Å². The second-order valence-corrected chi connectivity index (χ2v) is 5.35. The number of aliphatic carboxylic acids is 1. The third-order valence-electron chi connectivity index (χ3n) is 3.59. The average molecular weight is 333 g/mol. The normalized spacial score (nSPS) is 19.3. The number of benzene rings is 1. The average Bonchev–Trinajstić information content (AvgIpc) is 2.48. The van der Waals surface area contributed by atoms with Crippen molar-refractivity contribution in [2.45, 2.75) is 19.2 Å². The molecule has 1 saturated heterocycles. The molecule has 0 spiro atoms. The van der Waals surface area contributed by atoms with Crippen LogP contribution in [0.2, 0.25) is 0 Å². The first kappa shape index (κ1) is 17.4. The van der Waals surface area contributed by atoms with Crippen molar-refractivity contribution in [3.8, 4) is 11.5 Å². The van der Waals surface area contributed by atoms with E-state index in [1.165, 1.54) is 24.3 Å². The molecule has 0 amide bonds. The van der Waals surface area contributed by atoms with Gasteiger partial charge in [0, 0.05) is 13.1 Å². The maximum Gasteiger partial charge on any atom is 0.573 e. The lowest BCUT2D eigenvalue weighted by molar-refractivity contribution is -0.274. The lowest BCUT2D eigenvalue weighted by atomic mass is 9.98. The van der Waals surface area contributed by atoms with Crippen molar-refractivity contribution < 1.29 is 32.5 Å². The van der Waals surface area contributed by atoms with E-state index in [1.54, 1.807) is 0 Å². The Bertz CT molecular complexity index is 518. The van der Waals surface area contributed by atoms with Crippen molar-refractivity contribution in [3.05, 3.63) is 24.3 Å². The molecule has 1 heterocycles. The van der Waals surface area contributed by atoms with Crippen LogP contribution in [0.4, 0.5) is 13.2 Å². The van der Waals surface area contributed by atoms with Crippen molar-refractivity contribution in [2.75, 3.05) is 26.2 Å². The molecule has 23 heavy (non-hydrogen) atoms. The smallest absolute Gasteiger partial charge is 0.492 e. The van der Waals surface area contributed by atoms with E-state index in [1.807, 2.05) is 4.90 Å². The molecule has 0 aliphatic carbocycles. The highest BCUT2D eigenvalue weighted by Crippen LogP contribution is 2.24. The van der Waals surface area contributed by atoms with Gasteiger partial charge in [0.05, 0.1) is 5.92 Å². The summed E-state index contributed by atoms with van der Waals surface area (Å²) in [6, 6.07) is 5.17. The topological polar surface area (TPSA) is 59.0 Å². The molecule has 0 aromatic heterocycles. The fraction of sp³-hybridized carbons (Fsp3) is 0.533. The van der Waals surface area contributed by atoms with Crippen LogP contribution in [0.3, 0.4) is 0 Å². The number of piperidine rings is 1. The molecule has 1 aliphatic rings. The van der Waals surface area contributed by atoms with Crippen molar-refractivity contribution >= 4 is 5.97 Å². The van der Waals surface area contributed by atoms with E-state index < -0.39 is 12.3 Å². The second-order valence-electron chi connectivity index (χ2n) is 5.35. The highest BCUT2D eigenvalue weighted by atomic mass is 19.4. The molecule has 1 atom stereocenters. The van der Waals surface area contributed by atoms with Gasteiger partial charge in [-0.05, 0) is 43.7 Å². The number of hydrogen-bond acceptors (Lipinski definition) is 4. The molecule has 1 N–H and O–H groups in total. The molecule has 2 rings (SSSR count). The molecule has 5 nitrogen and oxygen atoms in total. The Hall–Kier alpha value is -1.96. The summed E-state index contributed by atoms with van der Waals surface area (Å²) in [5, 5.41) is 9.02. The van der Waals surface area contributed by atoms with E-state index in [9.17, 15) is 18.0 Å². The number of likely N-dealkylation sites (tertiary alicyclic amines) is 1. The summed E-state index contributed by atoms with van der Waals surface area (Å²) in [7, 11) is 0. The maximum atomic E-state index is 12.0. The summed E-state index contributed by atoms with van der Waals surface area (Å²) in [5.41, 5.74) is 0. The number of ether oxygens (including phenoxy) is 2. The van der Waals surface area contributed by atoms with E-state index in [2.05, 4.69) is 4.74 Å². The molecule has 0 bridgehead atoms. The Morgan fingerprint density at radius 2 is 1.91 bits per heavy atom. The molecule has 1 aliphatic heterocycles. The maximum absolute atomic E-state index is 12.0. The van der Waals surface area contributed by atoms with Gasteiger partial charge in [0.1, 0.15) is 18.1 Å². The van der Waals surface area contributed by atoms with Crippen LogP contribution in [0, 0.1) is 5.92 Å². The molecule has 8 heteroatoms. The summed E-state index contributed by atoms with van der Waals surface area (Å²) in [6.07, 6.45) is -3.19. The van der Waals surface area contributed by atoms with Crippen molar-refractivity contribution in [1.82, 2.24) is 4.90 Å². The van der Waals surface area contributed by atoms with Crippen molar-refractivity contribution in [1.29, 1.82) is 0 Å². The number of carboxylic acids is 1. The minimum atomic E-state index is -4.71. The zero-order valence-electron chi connectivity index (χ0n) is 12.4. The molecular weight excluding hydrogens is 315 g/mol. The van der Waals surface area contributed by atoms with Crippen LogP contribution < -0.4 is 9.47 Å². The quantitative estimate of drug-likeness (QED) is 0.867. The summed E-state index contributed by atoms with van der Waals surface area (Å²) < 4.78 is 45.3. The van der Waals surface area contributed by atoms with Crippen molar-refractivity contribution in [3.63, 3.8) is 0 Å². The van der Waals surface area contributed by atoms with Gasteiger partial charge in [0.15, 0.2) is 0 Å². The lowest BCUT2D eigenvalue weighted by Gasteiger charge is -2.30. The van der Waals surface area contributed by atoms with Crippen LogP contribution in [0.1, 0.15) is 12.8 Å². The second kappa shape index (κ2) is 7.54. The molecule has 0 radical (unpaired) electrons. The lowest BCUT2D eigenvalue weighted by Crippen LogP contribution is -2.40. The zero-order valence-corrected chi connectivity index (χ0v) is 12.4. The number of carboxylic acid groups (broad SMARTS) is 1. The van der Waals surface area contributed by atoms with Crippen molar-refractivity contribution in [2.24, 2.45) is 5.92 Å². The van der Waals surface area contributed by atoms with Gasteiger partial charge in [-0.25, -0.2) is 0 Å². The molecule has 1 aromatic carbocycles. The minimum absolute atomic E-state index is 0.301. The van der Waals surface area contributed by atoms with Crippen LogP contribution >= 0.6 is 0 Å². The first-order chi connectivity index (χ1) is 10.8. The molecule has 0 saturated carbocycles. The first-order valence-electron chi connectivity index (χ1n) is 7.27. The van der Waals surface area contributed by atoms with Gasteiger partial charge in [-0.1, -0.05) is 0 Å². The molecule has 1 fully saturated rings. The number of hydrogen-bond donors (Lipinski definition) is 1. The monoisotopic (exact) mass is 333 g/mol. The van der Waals surface area contributed by atoms with E-state index in [0.29, 0.717) is 31.9 Å². The first-order valence-corrected chi connectivity index (χ1v) is 7.27. The Kier molecular flexibility index (Phi) is 5.70. The van der Waals surface area contributed by atoms with E-state index in [0.717, 1.165) is 13.0 Å². The number of nitrogens with zero attached hydrogens (tertiary/aromatic N) is 1. The standard InChI is InChI=1S/C15H18F3NO4/c16-15(17,18)23-13-5-3-12(4-6-13)22-9-8-19-7-1-2-11(10-19)14(20)21/h3-6,11H,1-2,7-10H2,(H,20,21). The van der Waals surface area contributed by atoms with Crippen LogP contribution in [-0.2, 0) is 4.79 Å². The van der Waals surface area contributed by atoms with Gasteiger partial charge in [-0.2, -0.15) is 0 Å². The number of alkyl halides is 3. The van der Waals surface area contributed by atoms with Gasteiger partial charge in [-0.15, -0.1) is 13.2 Å². The highest BCUT2D eigenvalue weighted by molar-refractivity contribution is 5.70. The van der Waals surface area contributed by atoms with Gasteiger partial charge in [-0.3, -0.25) is 9.69 Å². The predicted octanol–water partition coefficient (Wildman–Crippen LogP) is 2.76. The molecular formula is C15H18F3NO4. The number of halogens is 3. The zero-order chi connectivity index (χ0) is 16.9. The van der Waals surface area contributed by atoms with Crippen LogP contribution in [0.25, 0.3) is 0 Å². The highest BCUT2D eigenvalue weighted by Gasteiger charge is 2.31. The summed E-state index contributed by atoms with van der Waals surface area (Å²) in [5.74, 6) is -0.991. The molecule has 1 unspecified atom stereocenters. The van der Waals surface area contributed by atoms with Gasteiger partial charge in [0.25, 0.3) is 0 Å². The van der Waals surface area contributed by atoms with Gasteiger partial charge >= 0.3 is 12.3 Å². The van der Waals surface area contributed by atoms with Crippen LogP contribution in [-0.4, -0.2) is 48.6 Å². The number of rotatable bonds is 6. The van der Waals surface area contributed by atoms with E-state index in [-0.39, 0.29) is 11.7 Å². The Balaban J connectivity index is 1.75. The van der Waals surface area contributed by atoms with Crippen LogP contribution in [0.5, 0.6) is 11.5 Å². The third-order valence-corrected chi connectivity index (χ3v) is 3.59. The molecule has 128 valence electrons. The van der Waals surface area contributed by atoms with Gasteiger partial charge < -0.3 is 14.6 Å². The predicted molar refractivity (Wildman–Crippen MR) is 75.4 cm³/mol. The van der Waals surface area contributed by atoms with E-state index in [4.69, 9.17) is 9.84 Å². The van der Waals surface area contributed by atoms with Crippen LogP contribution in [0.15, 0.2) is 24.3 Å². The molecule has 1 aromatic rings. The summed E-state index contributed by atoms with van der Waals surface area (Å²) in [6.45, 7) is 2.24. The Morgan fingerprint density at radius 3 is 2.52 bits per heavy atom. The van der Waals surface area contributed by atoms with E-state index >= 15 is 0 Å². The number of carbonyl (C=O) groups is 1. The summed E-state index contributed by atoms with van der Waals surface area (Å²) in [4.78, 5) is 13.0. The summed E-state index contributed by atoms with van der Waals surface area (Å²) >= 11 is 0. The fourth-order valence-electron chi connectivity index (χ4n) is 2.49. The third kappa shape index (κ3) is 5.97.